The fourth-order valence-corrected chi connectivity index (χ4v) is 1.88. The lowest BCUT2D eigenvalue weighted by molar-refractivity contribution is 0.102. The molecule has 0 aliphatic carbocycles. The van der Waals surface area contributed by atoms with Crippen LogP contribution in [0.5, 0.6) is 0 Å². The molecule has 0 saturated heterocycles. The van der Waals surface area contributed by atoms with Gasteiger partial charge in [0.15, 0.2) is 0 Å². The van der Waals surface area contributed by atoms with Crippen molar-refractivity contribution in [3.8, 4) is 0 Å². The number of aryl methyl sites for hydroxylation is 1. The zero-order valence-corrected chi connectivity index (χ0v) is 11.2. The van der Waals surface area contributed by atoms with Crippen molar-refractivity contribution in [2.45, 2.75) is 6.92 Å². The van der Waals surface area contributed by atoms with Crippen LogP contribution in [0.25, 0.3) is 0 Å². The van der Waals surface area contributed by atoms with E-state index in [2.05, 4.69) is 26.2 Å². The predicted octanol–water partition coefficient (Wildman–Crippen LogP) is 3.54. The molecule has 1 aromatic carbocycles. The number of anilines is 1. The fraction of sp³-hybridized carbons (Fsp3) is 0.0769. The van der Waals surface area contributed by atoms with Crippen LogP contribution >= 0.6 is 15.9 Å². The molecule has 0 aliphatic rings. The van der Waals surface area contributed by atoms with Gasteiger partial charge in [-0.15, -0.1) is 0 Å². The number of rotatable bonds is 2. The Morgan fingerprint density at radius 1 is 1.33 bits per heavy atom. The topological polar surface area (TPSA) is 42.0 Å². The van der Waals surface area contributed by atoms with Gasteiger partial charge in [-0.2, -0.15) is 0 Å². The molecule has 0 unspecified atom stereocenters. The van der Waals surface area contributed by atoms with Crippen LogP contribution in [0.2, 0.25) is 0 Å². The molecule has 1 amide bonds. The zero-order chi connectivity index (χ0) is 13.1. The Hall–Kier alpha value is -1.75. The van der Waals surface area contributed by atoms with Crippen LogP contribution in [-0.4, -0.2) is 10.9 Å². The summed E-state index contributed by atoms with van der Waals surface area (Å²) >= 11 is 3.19. The van der Waals surface area contributed by atoms with Crippen molar-refractivity contribution in [1.29, 1.82) is 0 Å². The van der Waals surface area contributed by atoms with Crippen molar-refractivity contribution in [2.24, 2.45) is 0 Å². The molecule has 3 nitrogen and oxygen atoms in total. The van der Waals surface area contributed by atoms with E-state index in [9.17, 15) is 9.18 Å². The van der Waals surface area contributed by atoms with Gasteiger partial charge < -0.3 is 5.32 Å². The first kappa shape index (κ1) is 12.7. The summed E-state index contributed by atoms with van der Waals surface area (Å²) in [4.78, 5) is 15.9. The van der Waals surface area contributed by atoms with Crippen LogP contribution in [0.1, 0.15) is 16.1 Å². The third kappa shape index (κ3) is 3.13. The average Bonchev–Trinajstić information content (AvgIpc) is 2.27. The standard InChI is InChI=1S/C13H10BrFN2O/c1-8-5-9(15)7-10(6-8)16-13(18)11-3-2-4-12(14)17-11/h2-7H,1H3,(H,16,18). The van der Waals surface area contributed by atoms with E-state index in [1.165, 1.54) is 12.1 Å². The highest BCUT2D eigenvalue weighted by atomic mass is 79.9. The van der Waals surface area contributed by atoms with Gasteiger partial charge in [0.25, 0.3) is 5.91 Å². The van der Waals surface area contributed by atoms with E-state index in [0.717, 1.165) is 5.56 Å². The maximum absolute atomic E-state index is 13.2. The molecular weight excluding hydrogens is 299 g/mol. The van der Waals surface area contributed by atoms with Gasteiger partial charge in [0.05, 0.1) is 0 Å². The van der Waals surface area contributed by atoms with Gasteiger partial charge in [-0.25, -0.2) is 9.37 Å². The van der Waals surface area contributed by atoms with Crippen LogP contribution < -0.4 is 5.32 Å². The van der Waals surface area contributed by atoms with Gasteiger partial charge in [-0.05, 0) is 58.7 Å². The van der Waals surface area contributed by atoms with Gasteiger partial charge in [0, 0.05) is 5.69 Å². The summed E-state index contributed by atoms with van der Waals surface area (Å²) in [5.41, 5.74) is 1.43. The van der Waals surface area contributed by atoms with Crippen LogP contribution in [0.15, 0.2) is 41.0 Å². The first-order chi connectivity index (χ1) is 8.54. The first-order valence-electron chi connectivity index (χ1n) is 5.26. The second-order valence-corrected chi connectivity index (χ2v) is 4.63. The second-order valence-electron chi connectivity index (χ2n) is 3.82. The highest BCUT2D eigenvalue weighted by molar-refractivity contribution is 9.10. The highest BCUT2D eigenvalue weighted by Crippen LogP contribution is 2.14. The van der Waals surface area contributed by atoms with Gasteiger partial charge in [0.1, 0.15) is 16.1 Å². The molecule has 0 spiro atoms. The first-order valence-corrected chi connectivity index (χ1v) is 6.05. The SMILES string of the molecule is Cc1cc(F)cc(NC(=O)c2cccc(Br)n2)c1. The Balaban J connectivity index is 2.21. The molecule has 0 aliphatic heterocycles. The third-order valence-electron chi connectivity index (χ3n) is 2.25. The summed E-state index contributed by atoms with van der Waals surface area (Å²) in [6, 6.07) is 9.38. The highest BCUT2D eigenvalue weighted by Gasteiger charge is 2.08. The number of pyridine rings is 1. The molecule has 0 atom stereocenters. The molecule has 0 fully saturated rings. The van der Waals surface area contributed by atoms with E-state index >= 15 is 0 Å². The molecule has 0 bridgehead atoms. The molecule has 5 heteroatoms. The van der Waals surface area contributed by atoms with Gasteiger partial charge >= 0.3 is 0 Å². The molecule has 1 N–H and O–H groups in total. The Kier molecular flexibility index (Phi) is 3.72. The van der Waals surface area contributed by atoms with Crippen molar-refractivity contribution in [2.75, 3.05) is 5.32 Å². The molecular formula is C13H10BrFN2O. The summed E-state index contributed by atoms with van der Waals surface area (Å²) in [7, 11) is 0. The number of benzene rings is 1. The molecule has 92 valence electrons. The number of nitrogens with zero attached hydrogens (tertiary/aromatic N) is 1. The Labute approximate surface area is 112 Å². The molecule has 2 rings (SSSR count). The molecule has 2 aromatic rings. The van der Waals surface area contributed by atoms with Crippen molar-refractivity contribution >= 4 is 27.5 Å². The number of halogens is 2. The Morgan fingerprint density at radius 2 is 2.11 bits per heavy atom. The lowest BCUT2D eigenvalue weighted by Crippen LogP contribution is -2.13. The molecule has 0 saturated carbocycles. The van der Waals surface area contributed by atoms with Gasteiger partial charge in [0.2, 0.25) is 0 Å². The lowest BCUT2D eigenvalue weighted by Gasteiger charge is -2.06. The monoisotopic (exact) mass is 308 g/mol. The largest absolute Gasteiger partial charge is 0.321 e. The van der Waals surface area contributed by atoms with Crippen LogP contribution in [0.3, 0.4) is 0 Å². The van der Waals surface area contributed by atoms with Crippen molar-refractivity contribution in [3.63, 3.8) is 0 Å². The quantitative estimate of drug-likeness (QED) is 0.862. The van der Waals surface area contributed by atoms with Crippen molar-refractivity contribution < 1.29 is 9.18 Å². The average molecular weight is 309 g/mol. The number of hydrogen-bond acceptors (Lipinski definition) is 2. The van der Waals surface area contributed by atoms with E-state index in [0.29, 0.717) is 10.3 Å². The number of carbonyl (C=O) groups excluding carboxylic acids is 1. The number of aromatic nitrogens is 1. The van der Waals surface area contributed by atoms with E-state index < -0.39 is 0 Å². The minimum atomic E-state index is -0.382. The summed E-state index contributed by atoms with van der Waals surface area (Å²) in [6.45, 7) is 1.76. The third-order valence-corrected chi connectivity index (χ3v) is 2.69. The maximum atomic E-state index is 13.2. The van der Waals surface area contributed by atoms with E-state index in [1.54, 1.807) is 31.2 Å². The molecule has 18 heavy (non-hydrogen) atoms. The number of amides is 1. The van der Waals surface area contributed by atoms with Gasteiger partial charge in [-0.3, -0.25) is 4.79 Å². The normalized spacial score (nSPS) is 10.2. The summed E-state index contributed by atoms with van der Waals surface area (Å²) in [6.07, 6.45) is 0. The van der Waals surface area contributed by atoms with Gasteiger partial charge in [-0.1, -0.05) is 6.07 Å². The van der Waals surface area contributed by atoms with Crippen molar-refractivity contribution in [3.05, 3.63) is 58.1 Å². The van der Waals surface area contributed by atoms with E-state index in [1.807, 2.05) is 0 Å². The van der Waals surface area contributed by atoms with Crippen LogP contribution in [0.4, 0.5) is 10.1 Å². The Morgan fingerprint density at radius 3 is 2.78 bits per heavy atom. The van der Waals surface area contributed by atoms with Crippen LogP contribution in [-0.2, 0) is 0 Å². The summed E-state index contributed by atoms with van der Waals surface area (Å²) < 4.78 is 13.7. The number of carbonyl (C=O) groups is 1. The summed E-state index contributed by atoms with van der Waals surface area (Å²) in [5, 5.41) is 2.60. The maximum Gasteiger partial charge on any atom is 0.274 e. The minimum Gasteiger partial charge on any atom is -0.321 e. The minimum absolute atomic E-state index is 0.270. The van der Waals surface area contributed by atoms with E-state index in [-0.39, 0.29) is 17.4 Å². The zero-order valence-electron chi connectivity index (χ0n) is 9.58. The Bertz CT molecular complexity index is 581. The second kappa shape index (κ2) is 5.27. The van der Waals surface area contributed by atoms with E-state index in [4.69, 9.17) is 0 Å². The fourth-order valence-electron chi connectivity index (χ4n) is 1.54. The predicted molar refractivity (Wildman–Crippen MR) is 71.0 cm³/mol. The molecule has 1 heterocycles. The van der Waals surface area contributed by atoms with Crippen LogP contribution in [0, 0.1) is 12.7 Å². The summed E-state index contributed by atoms with van der Waals surface area (Å²) in [5.74, 6) is -0.756. The number of hydrogen-bond donors (Lipinski definition) is 1. The molecule has 0 radical (unpaired) electrons. The molecule has 1 aromatic heterocycles. The lowest BCUT2D eigenvalue weighted by atomic mass is 10.2. The van der Waals surface area contributed by atoms with Crippen molar-refractivity contribution in [1.82, 2.24) is 4.98 Å². The smallest absolute Gasteiger partial charge is 0.274 e. The number of nitrogens with one attached hydrogen (secondary N) is 1.